The van der Waals surface area contributed by atoms with Gasteiger partial charge < -0.3 is 14.9 Å². The smallest absolute Gasteiger partial charge is 0.521 e. The van der Waals surface area contributed by atoms with Crippen LogP contribution in [0.15, 0.2) is 18.3 Å². The SMILES string of the molecule is O=C(O)c1[c-]nccc1.[Li+]. The number of hydrogen-bond donors (Lipinski definition) is 1. The van der Waals surface area contributed by atoms with Crippen molar-refractivity contribution < 1.29 is 28.8 Å². The molecule has 0 aliphatic rings. The summed E-state index contributed by atoms with van der Waals surface area (Å²) in [7, 11) is 0. The Hall–Kier alpha value is -0.783. The molecule has 1 heterocycles. The van der Waals surface area contributed by atoms with Crippen LogP contribution in [0.25, 0.3) is 0 Å². The van der Waals surface area contributed by atoms with E-state index in [1.165, 1.54) is 12.3 Å². The fourth-order valence-electron chi connectivity index (χ4n) is 0.445. The monoisotopic (exact) mass is 129 g/mol. The van der Waals surface area contributed by atoms with E-state index in [4.69, 9.17) is 5.11 Å². The molecule has 0 aliphatic carbocycles. The zero-order valence-corrected chi connectivity index (χ0v) is 5.53. The predicted molar refractivity (Wildman–Crippen MR) is 30.0 cm³/mol. The molecule has 1 N–H and O–H groups in total. The van der Waals surface area contributed by atoms with E-state index in [0.717, 1.165) is 0 Å². The summed E-state index contributed by atoms with van der Waals surface area (Å²) in [4.78, 5) is 13.6. The molecule has 0 amide bonds. The zero-order valence-electron chi connectivity index (χ0n) is 5.53. The maximum Gasteiger partial charge on any atom is 1.00 e. The minimum atomic E-state index is -0.997. The van der Waals surface area contributed by atoms with Crippen LogP contribution in [-0.4, -0.2) is 16.1 Å². The van der Waals surface area contributed by atoms with E-state index >= 15 is 0 Å². The fourth-order valence-corrected chi connectivity index (χ4v) is 0.445. The van der Waals surface area contributed by atoms with Gasteiger partial charge in [-0.25, -0.2) is 0 Å². The Morgan fingerprint density at radius 1 is 1.70 bits per heavy atom. The van der Waals surface area contributed by atoms with Crippen molar-refractivity contribution in [1.82, 2.24) is 4.98 Å². The molecular weight excluding hydrogens is 125 g/mol. The van der Waals surface area contributed by atoms with E-state index in [-0.39, 0.29) is 24.4 Å². The molecule has 1 rings (SSSR count). The molecule has 0 unspecified atom stereocenters. The standard InChI is InChI=1S/C6H4NO2.Li/c8-6(9)5-2-1-3-7-4-5;/h1-3H,(H,8,9);/q-1;+1. The van der Waals surface area contributed by atoms with Gasteiger partial charge in [0.05, 0.1) is 0 Å². The van der Waals surface area contributed by atoms with Gasteiger partial charge in [-0.2, -0.15) is 0 Å². The molecule has 0 aliphatic heterocycles. The van der Waals surface area contributed by atoms with Crippen molar-refractivity contribution in [2.75, 3.05) is 0 Å². The summed E-state index contributed by atoms with van der Waals surface area (Å²) in [6.07, 6.45) is 3.80. The van der Waals surface area contributed by atoms with Gasteiger partial charge in [-0.05, 0) is 11.8 Å². The molecular formula is C6H4LiNO2. The Balaban J connectivity index is 0.000000810. The van der Waals surface area contributed by atoms with Gasteiger partial charge in [0.1, 0.15) is 0 Å². The quantitative estimate of drug-likeness (QED) is 0.339. The molecule has 0 bridgehead atoms. The Kier molecular flexibility index (Phi) is 3.78. The van der Waals surface area contributed by atoms with Crippen LogP contribution in [0.2, 0.25) is 0 Å². The van der Waals surface area contributed by atoms with Crippen LogP contribution in [-0.2, 0) is 0 Å². The van der Waals surface area contributed by atoms with E-state index in [1.54, 1.807) is 6.07 Å². The number of hydrogen-bond acceptors (Lipinski definition) is 2. The average Bonchev–Trinajstić information content (AvgIpc) is 1.90. The number of aromatic nitrogens is 1. The normalized spacial score (nSPS) is 8.00. The van der Waals surface area contributed by atoms with Gasteiger partial charge in [0.2, 0.25) is 5.97 Å². The van der Waals surface area contributed by atoms with Gasteiger partial charge in [0.25, 0.3) is 0 Å². The van der Waals surface area contributed by atoms with Crippen molar-refractivity contribution >= 4 is 5.97 Å². The van der Waals surface area contributed by atoms with E-state index < -0.39 is 5.97 Å². The molecule has 0 radical (unpaired) electrons. The molecule has 1 aromatic rings. The summed E-state index contributed by atoms with van der Waals surface area (Å²) in [5.41, 5.74) is 0.0949. The molecule has 0 aromatic carbocycles. The maximum absolute atomic E-state index is 10.1. The van der Waals surface area contributed by atoms with Crippen LogP contribution in [0.4, 0.5) is 0 Å². The first-order valence-corrected chi connectivity index (χ1v) is 2.36. The Labute approximate surface area is 70.3 Å². The van der Waals surface area contributed by atoms with Gasteiger partial charge in [0, 0.05) is 0 Å². The second kappa shape index (κ2) is 4.10. The largest absolute Gasteiger partial charge is 1.00 e. The third-order valence-corrected chi connectivity index (χ3v) is 0.839. The van der Waals surface area contributed by atoms with Crippen LogP contribution in [0.1, 0.15) is 10.4 Å². The van der Waals surface area contributed by atoms with Crippen LogP contribution in [0, 0.1) is 6.20 Å². The van der Waals surface area contributed by atoms with Crippen LogP contribution < -0.4 is 18.9 Å². The molecule has 1 aromatic heterocycles. The summed E-state index contributed by atoms with van der Waals surface area (Å²) in [6, 6.07) is 3.00. The molecule has 0 saturated heterocycles. The number of carbonyl (C=O) groups is 1. The van der Waals surface area contributed by atoms with Gasteiger partial charge in [0.15, 0.2) is 0 Å². The molecule has 4 heteroatoms. The molecule has 46 valence electrons. The molecule has 10 heavy (non-hydrogen) atoms. The van der Waals surface area contributed by atoms with Gasteiger partial charge in [-0.15, -0.1) is 12.1 Å². The second-order valence-electron chi connectivity index (χ2n) is 1.47. The number of pyridine rings is 1. The minimum Gasteiger partial charge on any atom is -0.521 e. The number of aromatic carboxylic acids is 1. The average molecular weight is 129 g/mol. The Morgan fingerprint density at radius 3 is 2.70 bits per heavy atom. The summed E-state index contributed by atoms with van der Waals surface area (Å²) in [5, 5.41) is 8.31. The van der Waals surface area contributed by atoms with Gasteiger partial charge >= 0.3 is 18.9 Å². The first-order valence-electron chi connectivity index (χ1n) is 2.36. The van der Waals surface area contributed by atoms with Crippen LogP contribution in [0.5, 0.6) is 0 Å². The summed E-state index contributed by atoms with van der Waals surface area (Å²) < 4.78 is 0. The van der Waals surface area contributed by atoms with Crippen molar-refractivity contribution in [3.63, 3.8) is 0 Å². The van der Waals surface area contributed by atoms with E-state index in [0.29, 0.717) is 0 Å². The van der Waals surface area contributed by atoms with E-state index in [1.807, 2.05) is 0 Å². The topological polar surface area (TPSA) is 50.2 Å². The van der Waals surface area contributed by atoms with E-state index in [9.17, 15) is 4.79 Å². The summed E-state index contributed by atoms with van der Waals surface area (Å²) >= 11 is 0. The third-order valence-electron chi connectivity index (χ3n) is 0.839. The molecule has 0 saturated carbocycles. The molecule has 3 nitrogen and oxygen atoms in total. The molecule has 0 atom stereocenters. The zero-order chi connectivity index (χ0) is 6.69. The first kappa shape index (κ1) is 9.22. The van der Waals surface area contributed by atoms with Gasteiger partial charge in [-0.3, -0.25) is 0 Å². The van der Waals surface area contributed by atoms with Crippen molar-refractivity contribution in [1.29, 1.82) is 0 Å². The summed E-state index contributed by atoms with van der Waals surface area (Å²) in [5.74, 6) is -0.997. The van der Waals surface area contributed by atoms with Crippen LogP contribution >= 0.6 is 0 Å². The Morgan fingerprint density at radius 2 is 2.40 bits per heavy atom. The molecule has 0 fully saturated rings. The fraction of sp³-hybridized carbons (Fsp3) is 0. The van der Waals surface area contributed by atoms with Crippen molar-refractivity contribution in [2.45, 2.75) is 0 Å². The van der Waals surface area contributed by atoms with Crippen molar-refractivity contribution in [2.24, 2.45) is 0 Å². The van der Waals surface area contributed by atoms with E-state index in [2.05, 4.69) is 11.2 Å². The first-order chi connectivity index (χ1) is 4.30. The number of nitrogens with zero attached hydrogens (tertiary/aromatic N) is 1. The van der Waals surface area contributed by atoms with Gasteiger partial charge in [-0.1, -0.05) is 6.20 Å². The maximum atomic E-state index is 10.1. The van der Waals surface area contributed by atoms with Crippen molar-refractivity contribution in [3.8, 4) is 0 Å². The number of rotatable bonds is 1. The minimum absolute atomic E-state index is 0. The predicted octanol–water partition coefficient (Wildman–Crippen LogP) is -2.42. The summed E-state index contributed by atoms with van der Waals surface area (Å²) in [6.45, 7) is 0. The number of carboxylic acid groups (broad SMARTS) is 1. The number of carboxylic acids is 1. The molecule has 0 spiro atoms. The van der Waals surface area contributed by atoms with Crippen molar-refractivity contribution in [3.05, 3.63) is 30.1 Å². The second-order valence-corrected chi connectivity index (χ2v) is 1.47. The Bertz CT molecular complexity index is 212. The van der Waals surface area contributed by atoms with Crippen LogP contribution in [0.3, 0.4) is 0 Å². The third kappa shape index (κ3) is 2.22.